The molecule has 0 bridgehead atoms. The molecule has 1 unspecified atom stereocenters. The fourth-order valence-corrected chi connectivity index (χ4v) is 2.37. The van der Waals surface area contributed by atoms with Crippen LogP contribution < -0.4 is 5.32 Å². The first-order valence-electron chi connectivity index (χ1n) is 6.64. The van der Waals surface area contributed by atoms with Gasteiger partial charge in [0, 0.05) is 12.0 Å². The van der Waals surface area contributed by atoms with Gasteiger partial charge in [-0.2, -0.15) is 4.98 Å². The molecule has 1 saturated heterocycles. The van der Waals surface area contributed by atoms with Crippen molar-refractivity contribution in [2.24, 2.45) is 5.92 Å². The molecule has 1 fully saturated rings. The summed E-state index contributed by atoms with van der Waals surface area (Å²) in [6.07, 6.45) is 3.15. The molecule has 5 heteroatoms. The minimum Gasteiger partial charge on any atom is -0.508 e. The van der Waals surface area contributed by atoms with Gasteiger partial charge in [-0.25, -0.2) is 0 Å². The maximum Gasteiger partial charge on any atom is 0.226 e. The molecule has 0 spiro atoms. The van der Waals surface area contributed by atoms with Gasteiger partial charge in [-0.3, -0.25) is 0 Å². The molecule has 100 valence electrons. The molecule has 5 nitrogen and oxygen atoms in total. The number of aryl methyl sites for hydroxylation is 1. The molecule has 2 N–H and O–H groups in total. The van der Waals surface area contributed by atoms with Crippen LogP contribution in [0.2, 0.25) is 0 Å². The summed E-state index contributed by atoms with van der Waals surface area (Å²) in [7, 11) is 0. The average molecular weight is 259 g/mol. The van der Waals surface area contributed by atoms with Crippen LogP contribution in [0.1, 0.15) is 18.7 Å². The summed E-state index contributed by atoms with van der Waals surface area (Å²) in [5.74, 6) is 2.24. The van der Waals surface area contributed by atoms with Crippen LogP contribution in [0.5, 0.6) is 5.75 Å². The smallest absolute Gasteiger partial charge is 0.226 e. The van der Waals surface area contributed by atoms with Crippen LogP contribution in [0.25, 0.3) is 11.4 Å². The van der Waals surface area contributed by atoms with E-state index in [1.54, 1.807) is 24.3 Å². The Kier molecular flexibility index (Phi) is 3.46. The highest BCUT2D eigenvalue weighted by Gasteiger charge is 2.16. The van der Waals surface area contributed by atoms with Gasteiger partial charge in [0.25, 0.3) is 0 Å². The molecule has 2 heterocycles. The Morgan fingerprint density at radius 1 is 1.32 bits per heavy atom. The van der Waals surface area contributed by atoms with Crippen molar-refractivity contribution in [3.05, 3.63) is 30.2 Å². The number of aromatic nitrogens is 2. The number of aromatic hydroxyl groups is 1. The van der Waals surface area contributed by atoms with Crippen LogP contribution in [-0.4, -0.2) is 28.3 Å². The lowest BCUT2D eigenvalue weighted by Gasteiger charge is -2.03. The molecule has 1 aromatic heterocycles. The number of benzene rings is 1. The molecule has 1 aromatic carbocycles. The molecule has 0 radical (unpaired) electrons. The van der Waals surface area contributed by atoms with E-state index in [1.807, 2.05) is 0 Å². The third-order valence-electron chi connectivity index (χ3n) is 3.52. The van der Waals surface area contributed by atoms with Crippen LogP contribution in [0, 0.1) is 5.92 Å². The van der Waals surface area contributed by atoms with Crippen molar-refractivity contribution >= 4 is 0 Å². The quantitative estimate of drug-likeness (QED) is 0.878. The van der Waals surface area contributed by atoms with E-state index in [1.165, 1.54) is 6.42 Å². The number of nitrogens with zero attached hydrogens (tertiary/aromatic N) is 2. The zero-order valence-corrected chi connectivity index (χ0v) is 10.7. The second-order valence-electron chi connectivity index (χ2n) is 4.96. The molecular weight excluding hydrogens is 242 g/mol. The second kappa shape index (κ2) is 5.40. The maximum atomic E-state index is 9.24. The van der Waals surface area contributed by atoms with Gasteiger partial charge in [0.15, 0.2) is 0 Å². The lowest BCUT2D eigenvalue weighted by Crippen LogP contribution is -2.09. The fraction of sp³-hybridized carbons (Fsp3) is 0.429. The number of nitrogens with one attached hydrogen (secondary N) is 1. The Bertz CT molecular complexity index is 530. The van der Waals surface area contributed by atoms with Crippen molar-refractivity contribution in [3.8, 4) is 17.1 Å². The molecule has 2 aromatic rings. The zero-order chi connectivity index (χ0) is 13.1. The summed E-state index contributed by atoms with van der Waals surface area (Å²) in [5.41, 5.74) is 0.857. The number of phenols is 1. The van der Waals surface area contributed by atoms with Gasteiger partial charge in [0.05, 0.1) is 0 Å². The Hall–Kier alpha value is -1.88. The van der Waals surface area contributed by atoms with E-state index < -0.39 is 0 Å². The Labute approximate surface area is 111 Å². The molecule has 1 atom stereocenters. The summed E-state index contributed by atoms with van der Waals surface area (Å²) in [6, 6.07) is 6.81. The van der Waals surface area contributed by atoms with Crippen LogP contribution in [0.15, 0.2) is 28.8 Å². The first-order chi connectivity index (χ1) is 9.31. The second-order valence-corrected chi connectivity index (χ2v) is 4.96. The molecule has 0 aliphatic carbocycles. The predicted molar refractivity (Wildman–Crippen MR) is 70.7 cm³/mol. The number of phenolic OH excluding ortho intramolecular Hbond substituents is 1. The zero-order valence-electron chi connectivity index (χ0n) is 10.7. The van der Waals surface area contributed by atoms with Crippen molar-refractivity contribution in [1.29, 1.82) is 0 Å². The monoisotopic (exact) mass is 259 g/mol. The third kappa shape index (κ3) is 2.93. The van der Waals surface area contributed by atoms with Gasteiger partial charge in [0.2, 0.25) is 11.7 Å². The highest BCUT2D eigenvalue weighted by atomic mass is 16.5. The number of hydrogen-bond donors (Lipinski definition) is 2. The number of rotatable bonds is 4. The molecule has 0 saturated carbocycles. The third-order valence-corrected chi connectivity index (χ3v) is 3.52. The van der Waals surface area contributed by atoms with E-state index in [0.29, 0.717) is 11.7 Å². The Balaban J connectivity index is 1.63. The van der Waals surface area contributed by atoms with Crippen LogP contribution >= 0.6 is 0 Å². The van der Waals surface area contributed by atoms with E-state index in [0.717, 1.165) is 37.4 Å². The van der Waals surface area contributed by atoms with Gasteiger partial charge in [0.1, 0.15) is 5.75 Å². The summed E-state index contributed by atoms with van der Waals surface area (Å²) in [5, 5.41) is 16.6. The highest BCUT2D eigenvalue weighted by Crippen LogP contribution is 2.20. The van der Waals surface area contributed by atoms with E-state index >= 15 is 0 Å². The molecule has 0 amide bonds. The summed E-state index contributed by atoms with van der Waals surface area (Å²) in [4.78, 5) is 4.39. The maximum absolute atomic E-state index is 9.24. The molecule has 3 rings (SSSR count). The van der Waals surface area contributed by atoms with Crippen LogP contribution in [0.3, 0.4) is 0 Å². The Morgan fingerprint density at radius 2 is 2.16 bits per heavy atom. The van der Waals surface area contributed by atoms with Gasteiger partial charge < -0.3 is 14.9 Å². The first kappa shape index (κ1) is 12.2. The normalized spacial score (nSPS) is 18.8. The van der Waals surface area contributed by atoms with Crippen molar-refractivity contribution in [2.75, 3.05) is 13.1 Å². The topological polar surface area (TPSA) is 71.2 Å². The highest BCUT2D eigenvalue weighted by molar-refractivity contribution is 5.55. The molecular formula is C14H17N3O2. The van der Waals surface area contributed by atoms with Gasteiger partial charge >= 0.3 is 0 Å². The Morgan fingerprint density at radius 3 is 2.89 bits per heavy atom. The van der Waals surface area contributed by atoms with Crippen molar-refractivity contribution in [1.82, 2.24) is 15.5 Å². The van der Waals surface area contributed by atoms with Gasteiger partial charge in [-0.15, -0.1) is 0 Å². The van der Waals surface area contributed by atoms with Crippen molar-refractivity contribution < 1.29 is 9.63 Å². The summed E-state index contributed by atoms with van der Waals surface area (Å²) < 4.78 is 5.27. The lowest BCUT2D eigenvalue weighted by molar-refractivity contribution is 0.365. The summed E-state index contributed by atoms with van der Waals surface area (Å²) in [6.45, 7) is 2.21. The van der Waals surface area contributed by atoms with Gasteiger partial charge in [-0.1, -0.05) is 5.16 Å². The SMILES string of the molecule is Oc1ccc(-c2noc(CCC3CCNC3)n2)cc1. The average Bonchev–Trinajstić information content (AvgIpc) is 3.09. The largest absolute Gasteiger partial charge is 0.508 e. The van der Waals surface area contributed by atoms with E-state index in [-0.39, 0.29) is 5.75 Å². The van der Waals surface area contributed by atoms with E-state index in [4.69, 9.17) is 4.52 Å². The number of hydrogen-bond acceptors (Lipinski definition) is 5. The fourth-order valence-electron chi connectivity index (χ4n) is 2.37. The molecule has 19 heavy (non-hydrogen) atoms. The van der Waals surface area contributed by atoms with E-state index in [2.05, 4.69) is 15.5 Å². The van der Waals surface area contributed by atoms with Crippen LogP contribution in [0.4, 0.5) is 0 Å². The van der Waals surface area contributed by atoms with Crippen LogP contribution in [-0.2, 0) is 6.42 Å². The van der Waals surface area contributed by atoms with Crippen molar-refractivity contribution in [3.63, 3.8) is 0 Å². The van der Waals surface area contributed by atoms with Crippen molar-refractivity contribution in [2.45, 2.75) is 19.3 Å². The molecule has 1 aliphatic rings. The predicted octanol–water partition coefficient (Wildman–Crippen LogP) is 1.98. The molecule has 1 aliphatic heterocycles. The minimum absolute atomic E-state index is 0.237. The summed E-state index contributed by atoms with van der Waals surface area (Å²) >= 11 is 0. The first-order valence-corrected chi connectivity index (χ1v) is 6.64. The van der Waals surface area contributed by atoms with E-state index in [9.17, 15) is 5.11 Å². The minimum atomic E-state index is 0.237. The standard InChI is InChI=1S/C14H17N3O2/c18-12-4-2-11(3-5-12)14-16-13(19-17-14)6-1-10-7-8-15-9-10/h2-5,10,15,18H,1,6-9H2. The van der Waals surface area contributed by atoms with Gasteiger partial charge in [-0.05, 0) is 56.1 Å². The lowest BCUT2D eigenvalue weighted by atomic mass is 10.0.